The molecule has 19 heavy (non-hydrogen) atoms. The lowest BCUT2D eigenvalue weighted by Crippen LogP contribution is -3.00. The summed E-state index contributed by atoms with van der Waals surface area (Å²) in [5.74, 6) is 0.893. The number of benzene rings is 1. The van der Waals surface area contributed by atoms with Crippen molar-refractivity contribution in [2.45, 2.75) is 46.8 Å². The Hall–Kier alpha value is -0.770. The van der Waals surface area contributed by atoms with Crippen molar-refractivity contribution < 1.29 is 22.3 Å². The summed E-state index contributed by atoms with van der Waals surface area (Å²) in [5, 5.41) is 13.0. The first kappa shape index (κ1) is 18.2. The highest BCUT2D eigenvalue weighted by Crippen LogP contribution is 2.24. The molecule has 0 saturated heterocycles. The summed E-state index contributed by atoms with van der Waals surface area (Å²) in [6.45, 7) is 11.1. The fourth-order valence-corrected chi connectivity index (χ4v) is 2.00. The zero-order valence-corrected chi connectivity index (χ0v) is 13.2. The largest absolute Gasteiger partial charge is 1.00 e. The molecular weight excluding hydrogens is 262 g/mol. The average Bonchev–Trinajstić information content (AvgIpc) is 2.24. The lowest BCUT2D eigenvalue weighted by Gasteiger charge is -2.17. The van der Waals surface area contributed by atoms with Crippen LogP contribution in [0.3, 0.4) is 0 Å². The van der Waals surface area contributed by atoms with E-state index in [1.165, 1.54) is 5.56 Å². The molecule has 0 aliphatic heterocycles. The molecule has 0 radical (unpaired) electrons. The number of aliphatic hydroxyl groups is 1. The van der Waals surface area contributed by atoms with Crippen LogP contribution in [0, 0.1) is 20.8 Å². The Bertz CT molecular complexity index is 371. The van der Waals surface area contributed by atoms with Gasteiger partial charge in [-0.1, -0.05) is 31.5 Å². The molecule has 1 unspecified atom stereocenters. The Morgan fingerprint density at radius 2 is 1.68 bits per heavy atom. The van der Waals surface area contributed by atoms with Gasteiger partial charge in [0.1, 0.15) is 18.5 Å². The Kier molecular flexibility index (Phi) is 8.07. The molecule has 0 heterocycles. The summed E-state index contributed by atoms with van der Waals surface area (Å²) in [6, 6.07) is 4.57. The fraction of sp³-hybridized carbons (Fsp3) is 0.600. The van der Waals surface area contributed by atoms with E-state index >= 15 is 0 Å². The molecule has 110 valence electrons. The van der Waals surface area contributed by atoms with Gasteiger partial charge in [-0.05, 0) is 31.9 Å². The smallest absolute Gasteiger partial charge is 0.125 e. The fourth-order valence-electron chi connectivity index (χ4n) is 2.00. The first-order valence-corrected chi connectivity index (χ1v) is 6.52. The first-order chi connectivity index (χ1) is 8.40. The van der Waals surface area contributed by atoms with Gasteiger partial charge in [0, 0.05) is 12.6 Å². The first-order valence-electron chi connectivity index (χ1n) is 6.52. The molecule has 0 spiro atoms. The molecule has 0 fully saturated rings. The van der Waals surface area contributed by atoms with E-state index in [1.54, 1.807) is 0 Å². The minimum absolute atomic E-state index is 0. The number of aryl methyl sites for hydroxylation is 3. The summed E-state index contributed by atoms with van der Waals surface area (Å²) in [5.41, 5.74) is 3.48. The summed E-state index contributed by atoms with van der Waals surface area (Å²) < 4.78 is 5.73. The second-order valence-corrected chi connectivity index (χ2v) is 5.26. The Morgan fingerprint density at radius 3 is 2.16 bits per heavy atom. The average molecular weight is 287 g/mol. The third-order valence-corrected chi connectivity index (χ3v) is 2.79. The van der Waals surface area contributed by atoms with E-state index in [2.05, 4.69) is 38.2 Å². The number of ether oxygens (including phenoxy) is 1. The predicted molar refractivity (Wildman–Crippen MR) is 75.3 cm³/mol. The number of aliphatic hydroxyl groups excluding tert-OH is 1. The molecule has 0 aromatic heterocycles. The van der Waals surface area contributed by atoms with Gasteiger partial charge in [-0.25, -0.2) is 0 Å². The van der Waals surface area contributed by atoms with Crippen molar-refractivity contribution in [1.29, 1.82) is 0 Å². The van der Waals surface area contributed by atoms with Gasteiger partial charge >= 0.3 is 0 Å². The maximum absolute atomic E-state index is 9.81. The molecular formula is C15H25ClNO2-. The minimum atomic E-state index is -0.479. The van der Waals surface area contributed by atoms with E-state index in [0.29, 0.717) is 19.2 Å². The van der Waals surface area contributed by atoms with Gasteiger partial charge in [0.25, 0.3) is 0 Å². The minimum Gasteiger partial charge on any atom is -1.00 e. The SMILES string of the molecule is Cc1cc(C)c(OCC(O)CNC(C)C)c(C)c1.[Cl-]. The maximum atomic E-state index is 9.81. The van der Waals surface area contributed by atoms with Crippen molar-refractivity contribution in [3.8, 4) is 5.75 Å². The number of rotatable bonds is 6. The van der Waals surface area contributed by atoms with E-state index in [4.69, 9.17) is 4.74 Å². The van der Waals surface area contributed by atoms with Crippen molar-refractivity contribution in [2.75, 3.05) is 13.2 Å². The van der Waals surface area contributed by atoms with Crippen LogP contribution in [0.5, 0.6) is 5.75 Å². The summed E-state index contributed by atoms with van der Waals surface area (Å²) >= 11 is 0. The third-order valence-electron chi connectivity index (χ3n) is 2.79. The van der Waals surface area contributed by atoms with Crippen LogP contribution >= 0.6 is 0 Å². The Labute approximate surface area is 122 Å². The molecule has 0 saturated carbocycles. The van der Waals surface area contributed by atoms with E-state index in [0.717, 1.165) is 16.9 Å². The van der Waals surface area contributed by atoms with Gasteiger partial charge in [-0.2, -0.15) is 0 Å². The lowest BCUT2D eigenvalue weighted by molar-refractivity contribution is -0.00000595. The van der Waals surface area contributed by atoms with Gasteiger partial charge in [-0.3, -0.25) is 0 Å². The second kappa shape index (κ2) is 8.41. The normalized spacial score (nSPS) is 12.2. The molecule has 0 bridgehead atoms. The molecule has 1 aromatic carbocycles. The Balaban J connectivity index is 0.00000324. The van der Waals surface area contributed by atoms with Crippen LogP contribution in [-0.4, -0.2) is 30.4 Å². The topological polar surface area (TPSA) is 41.5 Å². The van der Waals surface area contributed by atoms with Crippen LogP contribution in [0.2, 0.25) is 0 Å². The van der Waals surface area contributed by atoms with Crippen molar-refractivity contribution in [3.05, 3.63) is 28.8 Å². The second-order valence-electron chi connectivity index (χ2n) is 5.26. The van der Waals surface area contributed by atoms with Gasteiger partial charge in [0.2, 0.25) is 0 Å². The molecule has 4 heteroatoms. The lowest BCUT2D eigenvalue weighted by atomic mass is 10.1. The van der Waals surface area contributed by atoms with Crippen molar-refractivity contribution in [2.24, 2.45) is 0 Å². The van der Waals surface area contributed by atoms with Gasteiger partial charge in [0.15, 0.2) is 0 Å². The number of halogens is 1. The number of hydrogen-bond donors (Lipinski definition) is 2. The molecule has 1 aromatic rings. The zero-order chi connectivity index (χ0) is 13.7. The highest BCUT2D eigenvalue weighted by atomic mass is 35.5. The monoisotopic (exact) mass is 286 g/mol. The highest BCUT2D eigenvalue weighted by molar-refractivity contribution is 5.42. The summed E-state index contributed by atoms with van der Waals surface area (Å²) in [6.07, 6.45) is -0.479. The van der Waals surface area contributed by atoms with E-state index in [-0.39, 0.29) is 12.4 Å². The van der Waals surface area contributed by atoms with E-state index in [9.17, 15) is 5.11 Å². The van der Waals surface area contributed by atoms with Crippen molar-refractivity contribution >= 4 is 0 Å². The highest BCUT2D eigenvalue weighted by Gasteiger charge is 2.09. The summed E-state index contributed by atoms with van der Waals surface area (Å²) in [4.78, 5) is 0. The zero-order valence-electron chi connectivity index (χ0n) is 12.5. The molecule has 0 amide bonds. The third kappa shape index (κ3) is 6.28. The molecule has 0 aliphatic rings. The van der Waals surface area contributed by atoms with Crippen molar-refractivity contribution in [1.82, 2.24) is 5.32 Å². The Morgan fingerprint density at radius 1 is 1.16 bits per heavy atom. The van der Waals surface area contributed by atoms with Gasteiger partial charge in [0.05, 0.1) is 0 Å². The molecule has 1 rings (SSSR count). The van der Waals surface area contributed by atoms with Crippen molar-refractivity contribution in [3.63, 3.8) is 0 Å². The van der Waals surface area contributed by atoms with Crippen LogP contribution in [0.4, 0.5) is 0 Å². The molecule has 3 nitrogen and oxygen atoms in total. The van der Waals surface area contributed by atoms with Crippen LogP contribution in [0.25, 0.3) is 0 Å². The molecule has 0 aliphatic carbocycles. The van der Waals surface area contributed by atoms with E-state index < -0.39 is 6.10 Å². The standard InChI is InChI=1S/C15H25NO2.ClH/c1-10(2)16-8-14(17)9-18-15-12(4)6-11(3)7-13(15)5;/h6-7,10,14,16-17H,8-9H2,1-5H3;1H/p-1. The molecule has 2 N–H and O–H groups in total. The maximum Gasteiger partial charge on any atom is 0.125 e. The number of hydrogen-bond acceptors (Lipinski definition) is 3. The molecule has 1 atom stereocenters. The predicted octanol–water partition coefficient (Wildman–Crippen LogP) is -0.646. The van der Waals surface area contributed by atoms with Gasteiger partial charge in [-0.15, -0.1) is 0 Å². The summed E-state index contributed by atoms with van der Waals surface area (Å²) in [7, 11) is 0. The van der Waals surface area contributed by atoms with E-state index in [1.807, 2.05) is 13.8 Å². The quantitative estimate of drug-likeness (QED) is 0.731. The van der Waals surface area contributed by atoms with Crippen LogP contribution in [-0.2, 0) is 0 Å². The van der Waals surface area contributed by atoms with Crippen LogP contribution < -0.4 is 22.5 Å². The van der Waals surface area contributed by atoms with Gasteiger partial charge < -0.3 is 27.6 Å². The number of nitrogens with one attached hydrogen (secondary N) is 1. The van der Waals surface area contributed by atoms with Crippen LogP contribution in [0.1, 0.15) is 30.5 Å². The van der Waals surface area contributed by atoms with Crippen LogP contribution in [0.15, 0.2) is 12.1 Å².